The van der Waals surface area contributed by atoms with Gasteiger partial charge in [0.25, 0.3) is 5.91 Å². The molecule has 0 bridgehead atoms. The highest BCUT2D eigenvalue weighted by Crippen LogP contribution is 2.33. The van der Waals surface area contributed by atoms with Gasteiger partial charge in [-0.2, -0.15) is 10.4 Å². The fourth-order valence-corrected chi connectivity index (χ4v) is 4.57. The third-order valence-electron chi connectivity index (χ3n) is 5.07. The van der Waals surface area contributed by atoms with E-state index in [1.807, 2.05) is 54.8 Å². The zero-order chi connectivity index (χ0) is 26.9. The molecule has 3 aromatic carbocycles. The second-order valence-corrected chi connectivity index (χ2v) is 9.80. The number of thiazole rings is 1. The van der Waals surface area contributed by atoms with E-state index in [-0.39, 0.29) is 12.5 Å². The fourth-order valence-electron chi connectivity index (χ4n) is 3.28. The Kier molecular flexibility index (Phi) is 9.32. The molecular weight excluding hydrogens is 590 g/mol. The van der Waals surface area contributed by atoms with Gasteiger partial charge in [-0.25, -0.2) is 10.4 Å². The van der Waals surface area contributed by atoms with Crippen molar-refractivity contribution in [2.75, 3.05) is 18.5 Å². The lowest BCUT2D eigenvalue weighted by atomic mass is 10.1. The maximum Gasteiger partial charge on any atom is 0.271 e. The van der Waals surface area contributed by atoms with Crippen LogP contribution >= 0.6 is 38.9 Å². The molecule has 0 atom stereocenters. The number of carbonyl (C=O) groups is 1. The number of hydrogen-bond acceptors (Lipinski definition) is 8. The van der Waals surface area contributed by atoms with E-state index in [9.17, 15) is 4.79 Å². The monoisotopic (exact) mass is 609 g/mol. The summed E-state index contributed by atoms with van der Waals surface area (Å²) in [7, 11) is 0. The SMILES string of the molecule is CCOc1cc(/C=N\NC(=O)c2ccc(-c3csc(Nc4ccc(Cl)cc4)n3)cc2)c(Br)cc1OCC#N. The van der Waals surface area contributed by atoms with Crippen LogP contribution in [0.2, 0.25) is 5.02 Å². The van der Waals surface area contributed by atoms with E-state index in [0.717, 1.165) is 22.1 Å². The molecule has 0 fully saturated rings. The van der Waals surface area contributed by atoms with Gasteiger partial charge in [0.2, 0.25) is 0 Å². The molecule has 1 heterocycles. The minimum atomic E-state index is -0.355. The van der Waals surface area contributed by atoms with Gasteiger partial charge in [-0.05, 0) is 71.4 Å². The molecular formula is C27H21BrClN5O3S. The van der Waals surface area contributed by atoms with Crippen molar-refractivity contribution in [2.45, 2.75) is 6.92 Å². The van der Waals surface area contributed by atoms with Gasteiger partial charge < -0.3 is 14.8 Å². The van der Waals surface area contributed by atoms with Crippen molar-refractivity contribution < 1.29 is 14.3 Å². The third kappa shape index (κ3) is 7.10. The number of benzene rings is 3. The molecule has 192 valence electrons. The van der Waals surface area contributed by atoms with Gasteiger partial charge in [0.1, 0.15) is 6.07 Å². The van der Waals surface area contributed by atoms with Crippen molar-refractivity contribution in [1.29, 1.82) is 5.26 Å². The molecule has 1 amide bonds. The van der Waals surface area contributed by atoms with Crippen molar-refractivity contribution in [3.8, 4) is 28.8 Å². The van der Waals surface area contributed by atoms with Gasteiger partial charge in [0.05, 0.1) is 18.5 Å². The number of rotatable bonds is 10. The number of nitrogens with one attached hydrogen (secondary N) is 2. The normalized spacial score (nSPS) is 10.7. The van der Waals surface area contributed by atoms with E-state index >= 15 is 0 Å². The molecule has 4 rings (SSSR count). The quantitative estimate of drug-likeness (QED) is 0.147. The molecule has 38 heavy (non-hydrogen) atoms. The number of hydrazone groups is 1. The molecule has 1 aromatic heterocycles. The summed E-state index contributed by atoms with van der Waals surface area (Å²) in [6, 6.07) is 19.8. The lowest BCUT2D eigenvalue weighted by Gasteiger charge is -2.12. The zero-order valence-corrected chi connectivity index (χ0v) is 23.2. The summed E-state index contributed by atoms with van der Waals surface area (Å²) in [6.45, 7) is 2.18. The van der Waals surface area contributed by atoms with Gasteiger partial charge in [-0.1, -0.05) is 23.7 Å². The number of hydrogen-bond donors (Lipinski definition) is 2. The van der Waals surface area contributed by atoms with E-state index < -0.39 is 0 Å². The smallest absolute Gasteiger partial charge is 0.271 e. The number of carbonyl (C=O) groups excluding carboxylic acids is 1. The van der Waals surface area contributed by atoms with Gasteiger partial charge in [-0.3, -0.25) is 4.79 Å². The molecule has 2 N–H and O–H groups in total. The summed E-state index contributed by atoms with van der Waals surface area (Å²) in [5.74, 6) is 0.559. The standard InChI is InChI=1S/C27H21BrClN5O3S/c1-2-36-24-13-19(22(28)14-25(24)37-12-11-30)15-31-34-26(35)18-5-3-17(4-6-18)23-16-38-27(33-23)32-21-9-7-20(29)8-10-21/h3-10,13-16H,2,12H2,1H3,(H,32,33)(H,34,35)/b31-15-. The highest BCUT2D eigenvalue weighted by atomic mass is 79.9. The Morgan fingerprint density at radius 1 is 1.16 bits per heavy atom. The van der Waals surface area contributed by atoms with Crippen LogP contribution in [-0.4, -0.2) is 30.3 Å². The number of aromatic nitrogens is 1. The van der Waals surface area contributed by atoms with Crippen LogP contribution in [0.15, 0.2) is 75.6 Å². The molecule has 11 heteroatoms. The molecule has 4 aromatic rings. The van der Waals surface area contributed by atoms with E-state index in [1.165, 1.54) is 17.6 Å². The van der Waals surface area contributed by atoms with E-state index in [0.29, 0.717) is 38.7 Å². The molecule has 0 saturated carbocycles. The summed E-state index contributed by atoms with van der Waals surface area (Å²) < 4.78 is 11.7. The van der Waals surface area contributed by atoms with Gasteiger partial charge in [-0.15, -0.1) is 11.3 Å². The van der Waals surface area contributed by atoms with Gasteiger partial charge in [0.15, 0.2) is 23.2 Å². The van der Waals surface area contributed by atoms with Crippen LogP contribution in [0.4, 0.5) is 10.8 Å². The number of nitriles is 1. The number of anilines is 2. The summed E-state index contributed by atoms with van der Waals surface area (Å²) in [5.41, 5.74) is 6.23. The first kappa shape index (κ1) is 27.1. The summed E-state index contributed by atoms with van der Waals surface area (Å²) in [6.07, 6.45) is 1.50. The Labute approximate surface area is 237 Å². The molecule has 0 aliphatic heterocycles. The van der Waals surface area contributed by atoms with Crippen LogP contribution in [0.1, 0.15) is 22.8 Å². The third-order valence-corrected chi connectivity index (χ3v) is 6.76. The van der Waals surface area contributed by atoms with E-state index in [1.54, 1.807) is 24.3 Å². The van der Waals surface area contributed by atoms with Crippen LogP contribution in [0.5, 0.6) is 11.5 Å². The van der Waals surface area contributed by atoms with Crippen LogP contribution in [0, 0.1) is 11.3 Å². The first-order chi connectivity index (χ1) is 18.5. The average Bonchev–Trinajstić information content (AvgIpc) is 3.39. The molecule has 0 aliphatic carbocycles. The summed E-state index contributed by atoms with van der Waals surface area (Å²) in [5, 5.41) is 19.5. The predicted octanol–water partition coefficient (Wildman–Crippen LogP) is 7.03. The van der Waals surface area contributed by atoms with Gasteiger partial charge in [0, 0.05) is 37.3 Å². The Bertz CT molecular complexity index is 1480. The number of nitrogens with zero attached hydrogens (tertiary/aromatic N) is 3. The number of amides is 1. The topological polar surface area (TPSA) is 109 Å². The van der Waals surface area contributed by atoms with Crippen molar-refractivity contribution in [3.63, 3.8) is 0 Å². The molecule has 0 saturated heterocycles. The minimum absolute atomic E-state index is 0.0985. The number of ether oxygens (including phenoxy) is 2. The predicted molar refractivity (Wildman–Crippen MR) is 154 cm³/mol. The van der Waals surface area contributed by atoms with E-state index in [4.69, 9.17) is 26.3 Å². The second kappa shape index (κ2) is 13.1. The maximum absolute atomic E-state index is 12.6. The zero-order valence-electron chi connectivity index (χ0n) is 20.1. The van der Waals surface area contributed by atoms with Crippen LogP contribution in [0.3, 0.4) is 0 Å². The Balaban J connectivity index is 1.38. The van der Waals surface area contributed by atoms with Crippen molar-refractivity contribution in [3.05, 3.63) is 86.7 Å². The molecule has 0 aliphatic rings. The Hall–Kier alpha value is -3.91. The van der Waals surface area contributed by atoms with Gasteiger partial charge >= 0.3 is 0 Å². The number of halogens is 2. The second-order valence-electron chi connectivity index (χ2n) is 7.65. The maximum atomic E-state index is 12.6. The lowest BCUT2D eigenvalue weighted by Crippen LogP contribution is -2.17. The Morgan fingerprint density at radius 3 is 2.61 bits per heavy atom. The average molecular weight is 611 g/mol. The lowest BCUT2D eigenvalue weighted by molar-refractivity contribution is 0.0955. The Morgan fingerprint density at radius 2 is 1.89 bits per heavy atom. The molecule has 0 radical (unpaired) electrons. The van der Waals surface area contributed by atoms with Crippen LogP contribution in [-0.2, 0) is 0 Å². The highest BCUT2D eigenvalue weighted by molar-refractivity contribution is 9.10. The molecule has 8 nitrogen and oxygen atoms in total. The summed E-state index contributed by atoms with van der Waals surface area (Å²) >= 11 is 10.9. The van der Waals surface area contributed by atoms with Crippen LogP contribution in [0.25, 0.3) is 11.3 Å². The van der Waals surface area contributed by atoms with Crippen molar-refractivity contribution >= 4 is 61.8 Å². The van der Waals surface area contributed by atoms with E-state index in [2.05, 4.69) is 36.8 Å². The summed E-state index contributed by atoms with van der Waals surface area (Å²) in [4.78, 5) is 17.2. The van der Waals surface area contributed by atoms with Crippen LogP contribution < -0.4 is 20.2 Å². The minimum Gasteiger partial charge on any atom is -0.490 e. The largest absolute Gasteiger partial charge is 0.490 e. The fraction of sp³-hybridized carbons (Fsp3) is 0.111. The first-order valence-corrected chi connectivity index (χ1v) is 13.4. The molecule has 0 unspecified atom stereocenters. The highest BCUT2D eigenvalue weighted by Gasteiger charge is 2.11. The first-order valence-electron chi connectivity index (χ1n) is 11.3. The van der Waals surface area contributed by atoms with Crippen molar-refractivity contribution in [1.82, 2.24) is 10.4 Å². The molecule has 0 spiro atoms. The van der Waals surface area contributed by atoms with Crippen molar-refractivity contribution in [2.24, 2.45) is 5.10 Å².